The van der Waals surface area contributed by atoms with Crippen LogP contribution in [0.3, 0.4) is 0 Å². The molecule has 45 valence electrons. The maximum Gasteiger partial charge on any atom is 1.00 e. The molecule has 4 nitrogen and oxygen atoms in total. The van der Waals surface area contributed by atoms with E-state index in [1.54, 1.807) is 0 Å². The minimum Gasteiger partial charge on any atom is -0.356 e. The van der Waals surface area contributed by atoms with Crippen LogP contribution in [0.1, 0.15) is 0 Å². The third-order valence-electron chi connectivity index (χ3n) is 0. The Bertz CT molecular complexity index is 33.8. The Morgan fingerprint density at radius 1 is 1.33 bits per heavy atom. The van der Waals surface area contributed by atoms with E-state index in [9.17, 15) is 0 Å². The molecule has 0 spiro atoms. The van der Waals surface area contributed by atoms with Crippen LogP contribution in [0.25, 0.3) is 0 Å². The summed E-state index contributed by atoms with van der Waals surface area (Å²) in [5, 5.41) is 14.8. The first-order chi connectivity index (χ1) is 1.73. The quantitative estimate of drug-likeness (QED) is 0.337. The van der Waals surface area contributed by atoms with E-state index in [1.807, 2.05) is 0 Å². The first kappa shape index (κ1) is 15.9. The Kier molecular flexibility index (Phi) is 24.4. The molecular weight excluding hydrogens is 367 g/mol. The van der Waals surface area contributed by atoms with Gasteiger partial charge < -0.3 is 15.3 Å². The Labute approximate surface area is 65.0 Å². The Balaban J connectivity index is -0.0000000450. The van der Waals surface area contributed by atoms with Crippen molar-refractivity contribution in [2.45, 2.75) is 0 Å². The van der Waals surface area contributed by atoms with Crippen molar-refractivity contribution in [3.8, 4) is 0 Å². The van der Waals surface area contributed by atoms with E-state index in [1.165, 1.54) is 0 Å². The molecule has 0 unspecified atom stereocenters. The van der Waals surface area contributed by atoms with Gasteiger partial charge in [-0.2, -0.15) is 0 Å². The van der Waals surface area contributed by atoms with Gasteiger partial charge in [0.1, 0.15) is 0 Å². The van der Waals surface area contributed by atoms with Crippen molar-refractivity contribution < 1.29 is 49.8 Å². The third-order valence-corrected chi connectivity index (χ3v) is 0. The first-order valence-electron chi connectivity index (χ1n) is 0.548. The minimum absolute atomic E-state index is 0. The molecule has 0 bridgehead atoms. The minimum atomic E-state index is -1.75. The average molecular weight is 367 g/mol. The third kappa shape index (κ3) is 137. The molecule has 0 N–H and O–H groups in total. The zero-order chi connectivity index (χ0) is 3.58. The molecule has 0 aromatic rings. The summed E-state index contributed by atoms with van der Waals surface area (Å²) in [4.78, 5) is 8.25. The number of nitrogens with zero attached hydrogens (tertiary/aromatic N) is 1. The van der Waals surface area contributed by atoms with Gasteiger partial charge in [-0.15, -0.1) is 0 Å². The molecule has 0 heterocycles. The molecule has 0 aliphatic carbocycles. The zero-order valence-corrected chi connectivity index (χ0v) is 5.92. The van der Waals surface area contributed by atoms with E-state index in [4.69, 9.17) is 15.3 Å². The molecule has 6 heteroatoms. The molecule has 0 amide bonds. The first-order valence-corrected chi connectivity index (χ1v) is 0.548. The van der Waals surface area contributed by atoms with Crippen LogP contribution in [-0.4, -0.2) is 5.09 Å². The normalized spacial score (nSPS) is 4.00. The van der Waals surface area contributed by atoms with Gasteiger partial charge in [0, 0.05) is 22.4 Å². The molecule has 0 saturated carbocycles. The van der Waals surface area contributed by atoms with Crippen LogP contribution >= 0.6 is 0 Å². The summed E-state index contributed by atoms with van der Waals surface area (Å²) < 4.78 is 0. The van der Waals surface area contributed by atoms with Crippen LogP contribution in [0.4, 0.5) is 0 Å². The summed E-state index contributed by atoms with van der Waals surface area (Å²) in [5.41, 5.74) is 0. The molecule has 0 aliphatic heterocycles. The van der Waals surface area contributed by atoms with Gasteiger partial charge in [0.2, 0.25) is 0 Å². The molecular formula is AgAuNO3. The number of rotatable bonds is 0. The second kappa shape index (κ2) is 9.19. The molecule has 0 fully saturated rings. The van der Waals surface area contributed by atoms with Gasteiger partial charge in [-0.1, -0.05) is 0 Å². The molecule has 0 aliphatic rings. The van der Waals surface area contributed by atoms with Crippen LogP contribution in [0.5, 0.6) is 0 Å². The van der Waals surface area contributed by atoms with Crippen LogP contribution < -0.4 is 0 Å². The number of hydrogen-bond acceptors (Lipinski definition) is 3. The fourth-order valence-electron chi connectivity index (χ4n) is 0. The Morgan fingerprint density at radius 2 is 1.33 bits per heavy atom. The summed E-state index contributed by atoms with van der Waals surface area (Å²) in [7, 11) is 0. The van der Waals surface area contributed by atoms with Crippen molar-refractivity contribution in [2.75, 3.05) is 0 Å². The molecule has 0 rings (SSSR count). The van der Waals surface area contributed by atoms with Crippen molar-refractivity contribution in [3.05, 3.63) is 15.3 Å². The molecule has 1 radical (unpaired) electrons. The van der Waals surface area contributed by atoms with Gasteiger partial charge in [-0.25, -0.2) is 0 Å². The van der Waals surface area contributed by atoms with Crippen LogP contribution in [-0.2, 0) is 44.8 Å². The van der Waals surface area contributed by atoms with Crippen molar-refractivity contribution in [3.63, 3.8) is 0 Å². The van der Waals surface area contributed by atoms with Gasteiger partial charge in [-0.3, -0.25) is 0 Å². The summed E-state index contributed by atoms with van der Waals surface area (Å²) >= 11 is 0. The summed E-state index contributed by atoms with van der Waals surface area (Å²) in [6, 6.07) is 0. The average Bonchev–Trinajstić information content (AvgIpc) is 0.811. The Morgan fingerprint density at radius 3 is 1.33 bits per heavy atom. The monoisotopic (exact) mass is 366 g/mol. The summed E-state index contributed by atoms with van der Waals surface area (Å²) in [6.07, 6.45) is 0. The maximum absolute atomic E-state index is 8.25. The van der Waals surface area contributed by atoms with E-state index >= 15 is 0 Å². The van der Waals surface area contributed by atoms with E-state index in [-0.39, 0.29) is 44.8 Å². The van der Waals surface area contributed by atoms with Gasteiger partial charge in [0.05, 0.1) is 5.09 Å². The molecule has 0 aromatic carbocycles. The van der Waals surface area contributed by atoms with Crippen molar-refractivity contribution in [1.29, 1.82) is 0 Å². The largest absolute Gasteiger partial charge is 1.00 e. The van der Waals surface area contributed by atoms with E-state index in [0.717, 1.165) is 0 Å². The van der Waals surface area contributed by atoms with E-state index < -0.39 is 5.09 Å². The van der Waals surface area contributed by atoms with Crippen molar-refractivity contribution in [1.82, 2.24) is 0 Å². The van der Waals surface area contributed by atoms with Gasteiger partial charge in [0.15, 0.2) is 0 Å². The summed E-state index contributed by atoms with van der Waals surface area (Å²) in [6.45, 7) is 0. The van der Waals surface area contributed by atoms with Crippen LogP contribution in [0, 0.1) is 15.3 Å². The van der Waals surface area contributed by atoms with E-state index in [0.29, 0.717) is 0 Å². The van der Waals surface area contributed by atoms with Crippen LogP contribution in [0.15, 0.2) is 0 Å². The standard InChI is InChI=1S/Ag.Au.NO3/c;;2-1(3)4/q+1;;-1. The number of hydrogen-bond donors (Lipinski definition) is 0. The van der Waals surface area contributed by atoms with Crippen molar-refractivity contribution in [2.24, 2.45) is 0 Å². The second-order valence-electron chi connectivity index (χ2n) is 0.224. The van der Waals surface area contributed by atoms with E-state index in [2.05, 4.69) is 0 Å². The molecule has 0 aromatic heterocycles. The zero-order valence-electron chi connectivity index (χ0n) is 2.27. The Hall–Kier alpha value is 0.681. The van der Waals surface area contributed by atoms with Crippen molar-refractivity contribution >= 4 is 0 Å². The smallest absolute Gasteiger partial charge is 0.356 e. The fourth-order valence-corrected chi connectivity index (χ4v) is 0. The topological polar surface area (TPSA) is 66.2 Å². The van der Waals surface area contributed by atoms with Gasteiger partial charge in [-0.05, 0) is 0 Å². The molecule has 6 heavy (non-hydrogen) atoms. The predicted molar refractivity (Wildman–Crippen MR) is 10.4 cm³/mol. The maximum atomic E-state index is 8.25. The molecule has 0 atom stereocenters. The second-order valence-corrected chi connectivity index (χ2v) is 0.224. The molecule has 0 saturated heterocycles. The van der Waals surface area contributed by atoms with Gasteiger partial charge in [0.25, 0.3) is 0 Å². The SMILES string of the molecule is O=[N+]([O-])[O-].[Ag+].[Au]. The van der Waals surface area contributed by atoms with Crippen LogP contribution in [0.2, 0.25) is 0 Å². The fraction of sp³-hybridized carbons (Fsp3) is 0. The summed E-state index contributed by atoms with van der Waals surface area (Å²) in [5.74, 6) is 0. The predicted octanol–water partition coefficient (Wildman–Crippen LogP) is -0.244. The van der Waals surface area contributed by atoms with Gasteiger partial charge >= 0.3 is 22.4 Å².